The first-order chi connectivity index (χ1) is 12.2. The first-order valence-electron chi connectivity index (χ1n) is 11.4. The molecule has 2 nitrogen and oxygen atoms in total. The van der Waals surface area contributed by atoms with Crippen LogP contribution in [0.5, 0.6) is 0 Å². The summed E-state index contributed by atoms with van der Waals surface area (Å²) >= 11 is 0. The molecular formula is C23H49NO. The van der Waals surface area contributed by atoms with E-state index in [1.54, 1.807) is 0 Å². The largest absolute Gasteiger partial charge is 0.385 e. The summed E-state index contributed by atoms with van der Waals surface area (Å²) in [5.74, 6) is 1.80. The maximum atomic E-state index is 5.17. The highest BCUT2D eigenvalue weighted by Crippen LogP contribution is 2.19. The van der Waals surface area contributed by atoms with Crippen molar-refractivity contribution in [2.45, 2.75) is 105 Å². The van der Waals surface area contributed by atoms with Crippen molar-refractivity contribution in [2.75, 3.05) is 33.4 Å². The zero-order chi connectivity index (χ0) is 18.8. The number of unbranched alkanes of at least 4 members (excludes halogenated alkanes) is 5. The van der Waals surface area contributed by atoms with E-state index in [9.17, 15) is 0 Å². The molecule has 0 aromatic rings. The number of hydrogen-bond donors (Lipinski definition) is 0. The van der Waals surface area contributed by atoms with Crippen LogP contribution in [0, 0.1) is 11.8 Å². The van der Waals surface area contributed by atoms with E-state index < -0.39 is 0 Å². The predicted molar refractivity (Wildman–Crippen MR) is 113 cm³/mol. The van der Waals surface area contributed by atoms with Crippen LogP contribution in [0.1, 0.15) is 105 Å². The third-order valence-electron chi connectivity index (χ3n) is 5.69. The van der Waals surface area contributed by atoms with Gasteiger partial charge < -0.3 is 9.64 Å². The Morgan fingerprint density at radius 2 is 1.20 bits per heavy atom. The van der Waals surface area contributed by atoms with E-state index in [2.05, 4.69) is 32.6 Å². The van der Waals surface area contributed by atoms with Crippen molar-refractivity contribution in [1.29, 1.82) is 0 Å². The van der Waals surface area contributed by atoms with Crippen molar-refractivity contribution < 1.29 is 4.74 Å². The second kappa shape index (κ2) is 18.7. The summed E-state index contributed by atoms with van der Waals surface area (Å²) < 4.78 is 5.17. The molecule has 0 aliphatic rings. The van der Waals surface area contributed by atoms with E-state index >= 15 is 0 Å². The van der Waals surface area contributed by atoms with Crippen molar-refractivity contribution in [2.24, 2.45) is 11.8 Å². The van der Waals surface area contributed by atoms with Gasteiger partial charge in [-0.15, -0.1) is 0 Å². The molecule has 0 bridgehead atoms. The zero-order valence-electron chi connectivity index (χ0n) is 18.3. The molecule has 0 aliphatic carbocycles. The van der Waals surface area contributed by atoms with E-state index in [1.165, 1.54) is 96.7 Å². The van der Waals surface area contributed by atoms with E-state index in [-0.39, 0.29) is 0 Å². The van der Waals surface area contributed by atoms with E-state index in [0.717, 1.165) is 18.4 Å². The van der Waals surface area contributed by atoms with Crippen molar-refractivity contribution in [3.05, 3.63) is 0 Å². The van der Waals surface area contributed by atoms with Crippen LogP contribution >= 0.6 is 0 Å². The first-order valence-corrected chi connectivity index (χ1v) is 11.4. The monoisotopic (exact) mass is 355 g/mol. The van der Waals surface area contributed by atoms with Crippen LogP contribution in [-0.4, -0.2) is 38.3 Å². The van der Waals surface area contributed by atoms with Crippen molar-refractivity contribution in [1.82, 2.24) is 4.90 Å². The van der Waals surface area contributed by atoms with Crippen LogP contribution in [0.15, 0.2) is 0 Å². The topological polar surface area (TPSA) is 12.5 Å². The Morgan fingerprint density at radius 3 is 1.64 bits per heavy atom. The minimum atomic E-state index is 0.900. The lowest BCUT2D eigenvalue weighted by atomic mass is 9.95. The van der Waals surface area contributed by atoms with Gasteiger partial charge in [-0.25, -0.2) is 0 Å². The van der Waals surface area contributed by atoms with Gasteiger partial charge in [0.1, 0.15) is 0 Å². The van der Waals surface area contributed by atoms with Gasteiger partial charge in [-0.05, 0) is 44.1 Å². The average Bonchev–Trinajstić information content (AvgIpc) is 2.64. The van der Waals surface area contributed by atoms with E-state index in [4.69, 9.17) is 4.74 Å². The van der Waals surface area contributed by atoms with Gasteiger partial charge in [-0.2, -0.15) is 0 Å². The molecule has 0 saturated carbocycles. The number of methoxy groups -OCH3 is 1. The first kappa shape index (κ1) is 24.9. The highest BCUT2D eigenvalue weighted by atomic mass is 16.5. The Hall–Kier alpha value is -0.0800. The lowest BCUT2D eigenvalue weighted by Gasteiger charge is -2.30. The van der Waals surface area contributed by atoms with Gasteiger partial charge in [0.15, 0.2) is 0 Å². The van der Waals surface area contributed by atoms with Gasteiger partial charge in [0, 0.05) is 26.8 Å². The lowest BCUT2D eigenvalue weighted by molar-refractivity contribution is 0.174. The summed E-state index contributed by atoms with van der Waals surface area (Å²) in [5.41, 5.74) is 0. The van der Waals surface area contributed by atoms with Gasteiger partial charge in [0.05, 0.1) is 0 Å². The fourth-order valence-corrected chi connectivity index (χ4v) is 3.76. The fourth-order valence-electron chi connectivity index (χ4n) is 3.76. The Kier molecular flexibility index (Phi) is 18.6. The van der Waals surface area contributed by atoms with Crippen LogP contribution in [0.2, 0.25) is 0 Å². The molecule has 0 radical (unpaired) electrons. The van der Waals surface area contributed by atoms with Gasteiger partial charge >= 0.3 is 0 Å². The summed E-state index contributed by atoms with van der Waals surface area (Å²) in [4.78, 5) is 2.82. The summed E-state index contributed by atoms with van der Waals surface area (Å²) in [5, 5.41) is 0. The molecule has 0 rings (SSSR count). The Bertz CT molecular complexity index is 238. The molecule has 25 heavy (non-hydrogen) atoms. The number of hydrogen-bond acceptors (Lipinski definition) is 2. The predicted octanol–water partition coefficient (Wildman–Crippen LogP) is 6.93. The van der Waals surface area contributed by atoms with Crippen LogP contribution < -0.4 is 0 Å². The molecular weight excluding hydrogens is 306 g/mol. The summed E-state index contributed by atoms with van der Waals surface area (Å²) in [6.07, 6.45) is 16.3. The van der Waals surface area contributed by atoms with Crippen molar-refractivity contribution >= 4 is 0 Å². The summed E-state index contributed by atoms with van der Waals surface area (Å²) in [6.45, 7) is 14.3. The molecule has 0 amide bonds. The Balaban J connectivity index is 4.40. The van der Waals surface area contributed by atoms with Crippen molar-refractivity contribution in [3.8, 4) is 0 Å². The second-order valence-electron chi connectivity index (χ2n) is 8.00. The normalized spacial score (nSPS) is 14.2. The maximum Gasteiger partial charge on any atom is 0.0462 e. The molecule has 0 spiro atoms. The minimum Gasteiger partial charge on any atom is -0.385 e. The van der Waals surface area contributed by atoms with Gasteiger partial charge in [0.2, 0.25) is 0 Å². The SMILES string of the molecule is CCCCC(CC)CN(CCCCCCOC)CC(CC)CCCC. The Labute approximate surface area is 160 Å². The average molecular weight is 356 g/mol. The molecule has 0 heterocycles. The zero-order valence-corrected chi connectivity index (χ0v) is 18.3. The van der Waals surface area contributed by atoms with Gasteiger partial charge in [0.25, 0.3) is 0 Å². The molecule has 0 fully saturated rings. The highest BCUT2D eigenvalue weighted by Gasteiger charge is 2.16. The molecule has 0 N–H and O–H groups in total. The third kappa shape index (κ3) is 14.7. The molecule has 2 unspecified atom stereocenters. The summed E-state index contributed by atoms with van der Waals surface area (Å²) in [7, 11) is 1.81. The molecule has 2 atom stereocenters. The van der Waals surface area contributed by atoms with Gasteiger partial charge in [-0.3, -0.25) is 0 Å². The van der Waals surface area contributed by atoms with E-state index in [0.29, 0.717) is 0 Å². The number of nitrogens with zero attached hydrogens (tertiary/aromatic N) is 1. The quantitative estimate of drug-likeness (QED) is 0.233. The fraction of sp³-hybridized carbons (Fsp3) is 1.00. The molecule has 2 heteroatoms. The van der Waals surface area contributed by atoms with Crippen LogP contribution in [0.4, 0.5) is 0 Å². The van der Waals surface area contributed by atoms with Crippen molar-refractivity contribution in [3.63, 3.8) is 0 Å². The van der Waals surface area contributed by atoms with E-state index in [1.807, 2.05) is 7.11 Å². The Morgan fingerprint density at radius 1 is 0.680 bits per heavy atom. The molecule has 0 aromatic heterocycles. The van der Waals surface area contributed by atoms with Crippen LogP contribution in [0.25, 0.3) is 0 Å². The molecule has 0 aliphatic heterocycles. The van der Waals surface area contributed by atoms with Gasteiger partial charge in [-0.1, -0.05) is 79.1 Å². The molecule has 152 valence electrons. The lowest BCUT2D eigenvalue weighted by Crippen LogP contribution is -2.35. The highest BCUT2D eigenvalue weighted by molar-refractivity contribution is 4.70. The smallest absolute Gasteiger partial charge is 0.0462 e. The third-order valence-corrected chi connectivity index (χ3v) is 5.69. The summed E-state index contributed by atoms with van der Waals surface area (Å²) in [6, 6.07) is 0. The molecule has 0 saturated heterocycles. The number of ether oxygens (including phenoxy) is 1. The maximum absolute atomic E-state index is 5.17. The molecule has 0 aromatic carbocycles. The minimum absolute atomic E-state index is 0.900. The van der Waals surface area contributed by atoms with Crippen LogP contribution in [0.3, 0.4) is 0 Å². The van der Waals surface area contributed by atoms with Crippen LogP contribution in [-0.2, 0) is 4.74 Å². The second-order valence-corrected chi connectivity index (χ2v) is 8.00. The number of rotatable bonds is 19. The standard InChI is InChI=1S/C23H49NO/c1-6-10-16-22(8-3)20-24(18-14-12-13-15-19-25-5)21-23(9-4)17-11-7-2/h22-23H,6-21H2,1-5H3.